The summed E-state index contributed by atoms with van der Waals surface area (Å²) in [5.74, 6) is 1.83. The second-order valence-electron chi connectivity index (χ2n) is 5.58. The molecule has 1 aliphatic rings. The molecule has 1 saturated heterocycles. The van der Waals surface area contributed by atoms with Crippen LogP contribution in [0.1, 0.15) is 43.1 Å². The Morgan fingerprint density at radius 1 is 1.29 bits per heavy atom. The van der Waals surface area contributed by atoms with Crippen molar-refractivity contribution in [2.75, 3.05) is 0 Å². The molecule has 2 aromatic rings. The van der Waals surface area contributed by atoms with Crippen molar-refractivity contribution in [3.63, 3.8) is 0 Å². The Kier molecular flexibility index (Phi) is 3.68. The normalized spacial score (nSPS) is 21.9. The van der Waals surface area contributed by atoms with E-state index in [1.165, 1.54) is 0 Å². The van der Waals surface area contributed by atoms with E-state index < -0.39 is 0 Å². The summed E-state index contributed by atoms with van der Waals surface area (Å²) >= 11 is 5.52. The predicted molar refractivity (Wildman–Crippen MR) is 85.9 cm³/mol. The van der Waals surface area contributed by atoms with Gasteiger partial charge in [-0.05, 0) is 57.3 Å². The second kappa shape index (κ2) is 5.48. The molecule has 1 aliphatic heterocycles. The zero-order chi connectivity index (χ0) is 15.0. The fraction of sp³-hybridized carbons (Fsp3) is 0.375. The molecule has 3 heterocycles. The molecule has 0 saturated carbocycles. The molecule has 21 heavy (non-hydrogen) atoms. The molecule has 0 amide bonds. The second-order valence-corrected chi connectivity index (χ2v) is 5.96. The molecule has 2 aromatic heterocycles. The summed E-state index contributed by atoms with van der Waals surface area (Å²) in [6.07, 6.45) is 1.81. The molecule has 4 nitrogen and oxygen atoms in total. The Bertz CT molecular complexity index is 638. The van der Waals surface area contributed by atoms with Gasteiger partial charge in [0.05, 0.1) is 11.7 Å². The van der Waals surface area contributed by atoms with E-state index in [9.17, 15) is 0 Å². The van der Waals surface area contributed by atoms with Crippen LogP contribution in [0.2, 0.25) is 0 Å². The number of pyridine rings is 1. The number of rotatable bonds is 3. The highest BCUT2D eigenvalue weighted by molar-refractivity contribution is 7.80. The Morgan fingerprint density at radius 3 is 2.67 bits per heavy atom. The first-order chi connectivity index (χ1) is 10.1. The molecule has 0 aliphatic carbocycles. The van der Waals surface area contributed by atoms with Gasteiger partial charge in [-0.2, -0.15) is 0 Å². The van der Waals surface area contributed by atoms with Crippen LogP contribution in [0.15, 0.2) is 40.9 Å². The monoisotopic (exact) mass is 301 g/mol. The molecule has 3 rings (SSSR count). The molecule has 5 heteroatoms. The molecule has 0 aromatic carbocycles. The fourth-order valence-corrected chi connectivity index (χ4v) is 3.29. The maximum atomic E-state index is 5.88. The van der Waals surface area contributed by atoms with E-state index in [0.29, 0.717) is 0 Å². The lowest BCUT2D eigenvalue weighted by molar-refractivity contribution is 0.233. The average molecular weight is 301 g/mol. The number of hydrogen-bond acceptors (Lipinski definition) is 3. The Balaban J connectivity index is 2.05. The summed E-state index contributed by atoms with van der Waals surface area (Å²) in [6.45, 7) is 6.23. The van der Waals surface area contributed by atoms with E-state index >= 15 is 0 Å². The van der Waals surface area contributed by atoms with Crippen molar-refractivity contribution in [2.45, 2.75) is 38.9 Å². The summed E-state index contributed by atoms with van der Waals surface area (Å²) in [5, 5.41) is 4.14. The lowest BCUT2D eigenvalue weighted by Gasteiger charge is -2.29. The van der Waals surface area contributed by atoms with Gasteiger partial charge >= 0.3 is 0 Å². The van der Waals surface area contributed by atoms with Crippen molar-refractivity contribution in [1.82, 2.24) is 15.2 Å². The first-order valence-electron chi connectivity index (χ1n) is 7.14. The molecule has 2 atom stereocenters. The van der Waals surface area contributed by atoms with Crippen LogP contribution in [-0.2, 0) is 0 Å². The third kappa shape index (κ3) is 2.53. The third-order valence-electron chi connectivity index (χ3n) is 3.74. The standard InChI is InChI=1S/C16H19N3OS/c1-10(2)19-15(13-8-7-11(3)20-13)14(18-16(19)21)12-6-4-5-9-17-12/h4-10,14-15H,1-3H3,(H,18,21)/t14-,15+/m0/s1. The van der Waals surface area contributed by atoms with Crippen LogP contribution in [0, 0.1) is 6.92 Å². The van der Waals surface area contributed by atoms with Gasteiger partial charge in [-0.3, -0.25) is 4.98 Å². The van der Waals surface area contributed by atoms with E-state index in [2.05, 4.69) is 29.0 Å². The number of furan rings is 1. The molecular formula is C16H19N3OS. The van der Waals surface area contributed by atoms with Crippen LogP contribution in [0.5, 0.6) is 0 Å². The molecule has 0 unspecified atom stereocenters. The van der Waals surface area contributed by atoms with Crippen molar-refractivity contribution in [3.05, 3.63) is 53.7 Å². The van der Waals surface area contributed by atoms with Gasteiger partial charge in [0.25, 0.3) is 0 Å². The van der Waals surface area contributed by atoms with Gasteiger partial charge < -0.3 is 14.6 Å². The van der Waals surface area contributed by atoms with Crippen molar-refractivity contribution < 1.29 is 4.42 Å². The van der Waals surface area contributed by atoms with E-state index in [-0.39, 0.29) is 18.1 Å². The van der Waals surface area contributed by atoms with Gasteiger partial charge in [-0.1, -0.05) is 6.07 Å². The van der Waals surface area contributed by atoms with Crippen molar-refractivity contribution in [2.24, 2.45) is 0 Å². The van der Waals surface area contributed by atoms with Gasteiger partial charge in [0, 0.05) is 12.2 Å². The van der Waals surface area contributed by atoms with Gasteiger partial charge in [-0.25, -0.2) is 0 Å². The molecule has 1 fully saturated rings. The minimum Gasteiger partial charge on any atom is -0.464 e. The van der Waals surface area contributed by atoms with E-state index in [0.717, 1.165) is 22.3 Å². The predicted octanol–water partition coefficient (Wildman–Crippen LogP) is 3.36. The first-order valence-corrected chi connectivity index (χ1v) is 7.55. The minimum atomic E-state index is 0.00616. The third-order valence-corrected chi connectivity index (χ3v) is 4.07. The lowest BCUT2D eigenvalue weighted by Crippen LogP contribution is -2.35. The van der Waals surface area contributed by atoms with E-state index in [4.69, 9.17) is 16.6 Å². The van der Waals surface area contributed by atoms with Crippen molar-refractivity contribution in [3.8, 4) is 0 Å². The van der Waals surface area contributed by atoms with Crippen LogP contribution >= 0.6 is 12.2 Å². The first kappa shape index (κ1) is 14.1. The van der Waals surface area contributed by atoms with E-state index in [1.807, 2.05) is 43.5 Å². The van der Waals surface area contributed by atoms with Crippen LogP contribution in [0.25, 0.3) is 0 Å². The zero-order valence-electron chi connectivity index (χ0n) is 12.4. The highest BCUT2D eigenvalue weighted by Crippen LogP contribution is 2.40. The summed E-state index contributed by atoms with van der Waals surface area (Å²) in [4.78, 5) is 6.67. The number of hydrogen-bond donors (Lipinski definition) is 1. The van der Waals surface area contributed by atoms with Crippen molar-refractivity contribution in [1.29, 1.82) is 0 Å². The topological polar surface area (TPSA) is 41.3 Å². The number of nitrogens with zero attached hydrogens (tertiary/aromatic N) is 2. The maximum absolute atomic E-state index is 5.88. The number of thiocarbonyl (C=S) groups is 1. The van der Waals surface area contributed by atoms with Crippen molar-refractivity contribution >= 4 is 17.3 Å². The van der Waals surface area contributed by atoms with Crippen LogP contribution in [0.3, 0.4) is 0 Å². The molecule has 0 bridgehead atoms. The zero-order valence-corrected chi connectivity index (χ0v) is 13.2. The maximum Gasteiger partial charge on any atom is 0.170 e. The Labute approximate surface area is 130 Å². The molecule has 0 radical (unpaired) electrons. The smallest absolute Gasteiger partial charge is 0.170 e. The van der Waals surface area contributed by atoms with Gasteiger partial charge in [0.1, 0.15) is 17.6 Å². The SMILES string of the molecule is Cc1ccc([C@@H]2[C@H](c3ccccn3)NC(=S)N2C(C)C)o1. The largest absolute Gasteiger partial charge is 0.464 e. The molecule has 110 valence electrons. The van der Waals surface area contributed by atoms with Gasteiger partial charge in [0.15, 0.2) is 5.11 Å². The summed E-state index contributed by atoms with van der Waals surface area (Å²) < 4.78 is 5.88. The molecule has 1 N–H and O–H groups in total. The Hall–Kier alpha value is -1.88. The molecular weight excluding hydrogens is 282 g/mol. The summed E-state index contributed by atoms with van der Waals surface area (Å²) in [6, 6.07) is 10.3. The van der Waals surface area contributed by atoms with Gasteiger partial charge in [-0.15, -0.1) is 0 Å². The molecule has 0 spiro atoms. The van der Waals surface area contributed by atoms with Crippen LogP contribution in [-0.4, -0.2) is 21.0 Å². The number of aromatic nitrogens is 1. The number of nitrogens with one attached hydrogen (secondary N) is 1. The summed E-state index contributed by atoms with van der Waals surface area (Å²) in [5.41, 5.74) is 0.974. The Morgan fingerprint density at radius 2 is 2.10 bits per heavy atom. The van der Waals surface area contributed by atoms with Crippen LogP contribution in [0.4, 0.5) is 0 Å². The fourth-order valence-electron chi connectivity index (χ4n) is 2.84. The minimum absolute atomic E-state index is 0.00616. The quantitative estimate of drug-likeness (QED) is 0.880. The highest BCUT2D eigenvalue weighted by atomic mass is 32.1. The van der Waals surface area contributed by atoms with E-state index in [1.54, 1.807) is 0 Å². The highest BCUT2D eigenvalue weighted by Gasteiger charge is 2.42. The van der Waals surface area contributed by atoms with Gasteiger partial charge in [0.2, 0.25) is 0 Å². The summed E-state index contributed by atoms with van der Waals surface area (Å²) in [7, 11) is 0. The number of aryl methyl sites for hydroxylation is 1. The average Bonchev–Trinajstić information content (AvgIpc) is 3.03. The lowest BCUT2D eigenvalue weighted by atomic mass is 10.0. The van der Waals surface area contributed by atoms with Crippen LogP contribution < -0.4 is 5.32 Å².